The summed E-state index contributed by atoms with van der Waals surface area (Å²) in [5, 5.41) is 7.49. The van der Waals surface area contributed by atoms with Crippen molar-refractivity contribution < 1.29 is 9.59 Å². The first kappa shape index (κ1) is 22.0. The number of nitrogens with two attached hydrogens (primary N) is 1. The fourth-order valence-corrected chi connectivity index (χ4v) is 4.39. The fourth-order valence-electron chi connectivity index (χ4n) is 3.26. The van der Waals surface area contributed by atoms with Crippen LogP contribution in [-0.4, -0.2) is 59.8 Å². The van der Waals surface area contributed by atoms with Gasteiger partial charge in [-0.25, -0.2) is 5.01 Å². The lowest BCUT2D eigenvalue weighted by molar-refractivity contribution is -0.138. The quantitative estimate of drug-likeness (QED) is 0.455. The number of thioether (sulfide) groups is 1. The third-order valence-corrected chi connectivity index (χ3v) is 5.93. The highest BCUT2D eigenvalue weighted by molar-refractivity contribution is 7.99. The van der Waals surface area contributed by atoms with E-state index in [1.54, 1.807) is 11.8 Å². The minimum absolute atomic E-state index is 0.0123. The predicted molar refractivity (Wildman–Crippen MR) is 110 cm³/mol. The molecule has 0 bridgehead atoms. The summed E-state index contributed by atoms with van der Waals surface area (Å²) in [6.45, 7) is 5.69. The van der Waals surface area contributed by atoms with Gasteiger partial charge in [0.15, 0.2) is 0 Å². The number of hydrogen-bond acceptors (Lipinski definition) is 5. The molecule has 1 aromatic carbocycles. The van der Waals surface area contributed by atoms with Gasteiger partial charge in [0.1, 0.15) is 0 Å². The average Bonchev–Trinajstić information content (AvgIpc) is 3.09. The Morgan fingerprint density at radius 2 is 2.15 bits per heavy atom. The van der Waals surface area contributed by atoms with Crippen molar-refractivity contribution in [1.82, 2.24) is 15.3 Å². The Bertz CT molecular complexity index is 614. The monoisotopic (exact) mass is 412 g/mol. The maximum absolute atomic E-state index is 11.9. The van der Waals surface area contributed by atoms with Crippen LogP contribution in [0.15, 0.2) is 29.2 Å². The van der Waals surface area contributed by atoms with E-state index in [-0.39, 0.29) is 24.5 Å². The Balaban J connectivity index is 2.00. The molecule has 1 saturated heterocycles. The van der Waals surface area contributed by atoms with Crippen LogP contribution in [0.5, 0.6) is 0 Å². The second-order valence-corrected chi connectivity index (χ2v) is 8.73. The minimum Gasteiger partial charge on any atom is -0.351 e. The van der Waals surface area contributed by atoms with Gasteiger partial charge in [0.2, 0.25) is 12.3 Å². The van der Waals surface area contributed by atoms with Crippen LogP contribution in [0.2, 0.25) is 5.02 Å². The lowest BCUT2D eigenvalue weighted by Crippen LogP contribution is -2.50. The van der Waals surface area contributed by atoms with E-state index in [1.165, 1.54) is 0 Å². The molecule has 1 fully saturated rings. The van der Waals surface area contributed by atoms with E-state index in [0.29, 0.717) is 12.5 Å². The summed E-state index contributed by atoms with van der Waals surface area (Å²) in [6, 6.07) is 7.88. The first-order chi connectivity index (χ1) is 12.9. The van der Waals surface area contributed by atoms with Gasteiger partial charge in [-0.3, -0.25) is 14.6 Å². The number of halogens is 1. The lowest BCUT2D eigenvalue weighted by atomic mass is 10.1. The molecule has 6 nitrogen and oxygen atoms in total. The molecule has 2 amide bonds. The van der Waals surface area contributed by atoms with Crippen molar-refractivity contribution in [2.24, 2.45) is 11.7 Å². The molecule has 27 heavy (non-hydrogen) atoms. The molecule has 0 aromatic heterocycles. The Morgan fingerprint density at radius 1 is 1.44 bits per heavy atom. The molecule has 1 aromatic rings. The van der Waals surface area contributed by atoms with Gasteiger partial charge < -0.3 is 11.1 Å². The SMILES string of the molecule is CC(C)CC(CSc1ccc(Cl)cc1)N(C=O)N1CC[C@@H](NC(=O)CN)C1. The van der Waals surface area contributed by atoms with E-state index in [4.69, 9.17) is 17.3 Å². The molecule has 150 valence electrons. The van der Waals surface area contributed by atoms with Gasteiger partial charge in [-0.1, -0.05) is 25.4 Å². The first-order valence-corrected chi connectivity index (χ1v) is 10.7. The summed E-state index contributed by atoms with van der Waals surface area (Å²) in [5.41, 5.74) is 5.37. The molecular weight excluding hydrogens is 384 g/mol. The Morgan fingerprint density at radius 3 is 2.74 bits per heavy atom. The van der Waals surface area contributed by atoms with Gasteiger partial charge in [-0.2, -0.15) is 0 Å². The van der Waals surface area contributed by atoms with Crippen molar-refractivity contribution in [3.8, 4) is 0 Å². The van der Waals surface area contributed by atoms with E-state index in [9.17, 15) is 9.59 Å². The molecule has 1 aliphatic rings. The normalized spacial score (nSPS) is 18.5. The molecule has 1 unspecified atom stereocenters. The standard InChI is InChI=1S/C19H29ClN4O2S/c1-14(2)9-17(12-27-18-5-3-15(20)4-6-18)24(13-25)23-8-7-16(11-23)22-19(26)10-21/h3-6,13-14,16-17H,7-12,21H2,1-2H3,(H,22,26)/t16-,17?/m1/s1. The van der Waals surface area contributed by atoms with Crippen molar-refractivity contribution in [2.45, 2.75) is 43.7 Å². The van der Waals surface area contributed by atoms with Crippen LogP contribution >= 0.6 is 23.4 Å². The van der Waals surface area contributed by atoms with Crippen molar-refractivity contribution >= 4 is 35.7 Å². The second-order valence-electron chi connectivity index (χ2n) is 7.20. The van der Waals surface area contributed by atoms with Crippen LogP contribution in [0.1, 0.15) is 26.7 Å². The van der Waals surface area contributed by atoms with E-state index < -0.39 is 0 Å². The van der Waals surface area contributed by atoms with Crippen LogP contribution in [0, 0.1) is 5.92 Å². The summed E-state index contributed by atoms with van der Waals surface area (Å²) < 4.78 is 0. The van der Waals surface area contributed by atoms with Crippen LogP contribution < -0.4 is 11.1 Å². The molecule has 2 atom stereocenters. The zero-order valence-corrected chi connectivity index (χ0v) is 17.5. The third-order valence-electron chi connectivity index (χ3n) is 4.53. The van der Waals surface area contributed by atoms with Gasteiger partial charge in [0.25, 0.3) is 0 Å². The first-order valence-electron chi connectivity index (χ1n) is 9.29. The number of hydrogen-bond donors (Lipinski definition) is 2. The molecule has 3 N–H and O–H groups in total. The Kier molecular flexibility index (Phi) is 8.89. The molecule has 0 saturated carbocycles. The van der Waals surface area contributed by atoms with Crippen LogP contribution in [0.25, 0.3) is 0 Å². The van der Waals surface area contributed by atoms with Crippen LogP contribution in [0.3, 0.4) is 0 Å². The lowest BCUT2D eigenvalue weighted by Gasteiger charge is -2.36. The highest BCUT2D eigenvalue weighted by atomic mass is 35.5. The Labute approximate surface area is 170 Å². The van der Waals surface area contributed by atoms with Crippen molar-refractivity contribution in [2.75, 3.05) is 25.4 Å². The number of carbonyl (C=O) groups is 2. The number of benzene rings is 1. The van der Waals surface area contributed by atoms with Crippen molar-refractivity contribution in [3.63, 3.8) is 0 Å². The maximum Gasteiger partial charge on any atom is 0.233 e. The van der Waals surface area contributed by atoms with E-state index in [1.807, 2.05) is 34.3 Å². The largest absolute Gasteiger partial charge is 0.351 e. The zero-order valence-electron chi connectivity index (χ0n) is 15.9. The molecule has 2 rings (SSSR count). The van der Waals surface area contributed by atoms with E-state index in [2.05, 4.69) is 19.2 Å². The molecular formula is C19H29ClN4O2S. The third kappa shape index (κ3) is 6.99. The van der Waals surface area contributed by atoms with Gasteiger partial charge in [-0.15, -0.1) is 11.8 Å². The molecule has 0 spiro atoms. The predicted octanol–water partition coefficient (Wildman–Crippen LogP) is 2.37. The molecule has 0 radical (unpaired) electrons. The zero-order chi connectivity index (χ0) is 19.8. The fraction of sp³-hybridized carbons (Fsp3) is 0.579. The Hall–Kier alpha value is -1.28. The summed E-state index contributed by atoms with van der Waals surface area (Å²) in [4.78, 5) is 24.6. The van der Waals surface area contributed by atoms with Gasteiger partial charge >= 0.3 is 0 Å². The summed E-state index contributed by atoms with van der Waals surface area (Å²) >= 11 is 7.68. The summed E-state index contributed by atoms with van der Waals surface area (Å²) in [6.07, 6.45) is 2.65. The highest BCUT2D eigenvalue weighted by Gasteiger charge is 2.31. The van der Waals surface area contributed by atoms with E-state index >= 15 is 0 Å². The number of carbonyl (C=O) groups excluding carboxylic acids is 2. The number of amides is 2. The number of rotatable bonds is 10. The minimum atomic E-state index is -0.156. The average molecular weight is 413 g/mol. The van der Waals surface area contributed by atoms with Gasteiger partial charge in [0.05, 0.1) is 12.6 Å². The molecule has 1 heterocycles. The molecule has 0 aliphatic carbocycles. The number of nitrogens with one attached hydrogen (secondary N) is 1. The van der Waals surface area contributed by atoms with Crippen LogP contribution in [-0.2, 0) is 9.59 Å². The number of nitrogens with zero attached hydrogens (tertiary/aromatic N) is 2. The second kappa shape index (κ2) is 10.9. The topological polar surface area (TPSA) is 78.7 Å². The highest BCUT2D eigenvalue weighted by Crippen LogP contribution is 2.26. The summed E-state index contributed by atoms with van der Waals surface area (Å²) in [7, 11) is 0. The summed E-state index contributed by atoms with van der Waals surface area (Å²) in [5.74, 6) is 1.12. The van der Waals surface area contributed by atoms with Crippen LogP contribution in [0.4, 0.5) is 0 Å². The van der Waals surface area contributed by atoms with Crippen molar-refractivity contribution in [3.05, 3.63) is 29.3 Å². The number of hydrazine groups is 1. The smallest absolute Gasteiger partial charge is 0.233 e. The van der Waals surface area contributed by atoms with Gasteiger partial charge in [0, 0.05) is 34.8 Å². The van der Waals surface area contributed by atoms with E-state index in [0.717, 1.165) is 41.5 Å². The molecule has 8 heteroatoms. The van der Waals surface area contributed by atoms with Gasteiger partial charge in [-0.05, 0) is 43.0 Å². The van der Waals surface area contributed by atoms with Crippen molar-refractivity contribution in [1.29, 1.82) is 0 Å². The maximum atomic E-state index is 11.9. The molecule has 1 aliphatic heterocycles.